The molecular formula is C15H20N2S. The maximum atomic E-state index is 5.01. The molecule has 96 valence electrons. The number of thiophene rings is 1. The van der Waals surface area contributed by atoms with Crippen molar-refractivity contribution in [1.29, 1.82) is 0 Å². The number of rotatable bonds is 3. The Bertz CT molecular complexity index is 429. The van der Waals surface area contributed by atoms with Crippen LogP contribution in [0.3, 0.4) is 0 Å². The van der Waals surface area contributed by atoms with Crippen LogP contribution in [0.5, 0.6) is 0 Å². The molecule has 1 aliphatic heterocycles. The van der Waals surface area contributed by atoms with Gasteiger partial charge < -0.3 is 5.32 Å². The van der Waals surface area contributed by atoms with Crippen LogP contribution in [0.25, 0.3) is 0 Å². The Morgan fingerprint density at radius 2 is 2.28 bits per heavy atom. The Morgan fingerprint density at radius 3 is 3.06 bits per heavy atom. The number of nitrogens with zero attached hydrogens (tertiary/aromatic N) is 1. The Morgan fingerprint density at radius 1 is 1.33 bits per heavy atom. The molecule has 0 spiro atoms. The van der Waals surface area contributed by atoms with Crippen LogP contribution < -0.4 is 5.32 Å². The fourth-order valence-corrected chi connectivity index (χ4v) is 3.26. The van der Waals surface area contributed by atoms with Crippen molar-refractivity contribution in [2.24, 2.45) is 10.9 Å². The third kappa shape index (κ3) is 3.02. The molecule has 2 nitrogen and oxygen atoms in total. The average Bonchev–Trinajstić information content (AvgIpc) is 3.03. The Kier molecular flexibility index (Phi) is 3.79. The van der Waals surface area contributed by atoms with Crippen molar-refractivity contribution in [2.45, 2.75) is 44.6 Å². The first-order valence-electron chi connectivity index (χ1n) is 6.95. The molecule has 2 aliphatic rings. The quantitative estimate of drug-likeness (QED) is 0.862. The summed E-state index contributed by atoms with van der Waals surface area (Å²) in [6, 6.07) is 4.78. The van der Waals surface area contributed by atoms with Crippen LogP contribution in [0.15, 0.2) is 34.8 Å². The van der Waals surface area contributed by atoms with Crippen molar-refractivity contribution in [3.63, 3.8) is 0 Å². The summed E-state index contributed by atoms with van der Waals surface area (Å²) in [5.41, 5.74) is 0. The van der Waals surface area contributed by atoms with Crippen LogP contribution in [0.2, 0.25) is 0 Å². The van der Waals surface area contributed by atoms with Crippen LogP contribution in [0.4, 0.5) is 0 Å². The van der Waals surface area contributed by atoms with Gasteiger partial charge in [-0.15, -0.1) is 11.3 Å². The van der Waals surface area contributed by atoms with Crippen molar-refractivity contribution in [3.05, 3.63) is 34.7 Å². The SMILES string of the molecule is C1=CNC(=NC(c2cccs2)C2CC2)CCCC1. The van der Waals surface area contributed by atoms with E-state index in [1.165, 1.54) is 42.8 Å². The zero-order chi connectivity index (χ0) is 12.2. The molecule has 0 saturated heterocycles. The molecule has 3 rings (SSSR count). The molecule has 3 heteroatoms. The van der Waals surface area contributed by atoms with Crippen molar-refractivity contribution < 1.29 is 0 Å². The Balaban J connectivity index is 1.77. The van der Waals surface area contributed by atoms with Crippen molar-refractivity contribution in [2.75, 3.05) is 0 Å². The predicted octanol–water partition coefficient (Wildman–Crippen LogP) is 4.28. The molecule has 1 fully saturated rings. The molecular weight excluding hydrogens is 240 g/mol. The van der Waals surface area contributed by atoms with E-state index in [2.05, 4.69) is 35.1 Å². The Labute approximate surface area is 113 Å². The van der Waals surface area contributed by atoms with Crippen LogP contribution in [-0.4, -0.2) is 5.84 Å². The van der Waals surface area contributed by atoms with Gasteiger partial charge in [-0.3, -0.25) is 4.99 Å². The second-order valence-corrected chi connectivity index (χ2v) is 6.15. The lowest BCUT2D eigenvalue weighted by Crippen LogP contribution is -2.20. The monoisotopic (exact) mass is 260 g/mol. The number of nitrogens with one attached hydrogen (secondary N) is 1. The lowest BCUT2D eigenvalue weighted by Gasteiger charge is -2.14. The minimum atomic E-state index is 0.403. The maximum Gasteiger partial charge on any atom is 0.101 e. The summed E-state index contributed by atoms with van der Waals surface area (Å²) in [5, 5.41) is 5.53. The lowest BCUT2D eigenvalue weighted by molar-refractivity contribution is 0.637. The van der Waals surface area contributed by atoms with E-state index in [1.54, 1.807) is 0 Å². The van der Waals surface area contributed by atoms with Gasteiger partial charge in [0.25, 0.3) is 0 Å². The van der Waals surface area contributed by atoms with Gasteiger partial charge in [-0.2, -0.15) is 0 Å². The van der Waals surface area contributed by atoms with Gasteiger partial charge in [0.2, 0.25) is 0 Å². The van der Waals surface area contributed by atoms with Gasteiger partial charge in [0.15, 0.2) is 0 Å². The molecule has 1 N–H and O–H groups in total. The molecule has 1 atom stereocenters. The predicted molar refractivity (Wildman–Crippen MR) is 78.0 cm³/mol. The number of hydrogen-bond acceptors (Lipinski definition) is 2. The van der Waals surface area contributed by atoms with E-state index < -0.39 is 0 Å². The van der Waals surface area contributed by atoms with E-state index in [0.29, 0.717) is 6.04 Å². The van der Waals surface area contributed by atoms with Crippen LogP contribution in [0, 0.1) is 5.92 Å². The summed E-state index contributed by atoms with van der Waals surface area (Å²) in [7, 11) is 0. The zero-order valence-electron chi connectivity index (χ0n) is 10.6. The zero-order valence-corrected chi connectivity index (χ0v) is 11.5. The Hall–Kier alpha value is -1.09. The third-order valence-corrected chi connectivity index (χ3v) is 4.54. The minimum Gasteiger partial charge on any atom is -0.351 e. The van der Waals surface area contributed by atoms with Crippen molar-refractivity contribution in [1.82, 2.24) is 5.32 Å². The first-order chi connectivity index (χ1) is 8.93. The van der Waals surface area contributed by atoms with E-state index >= 15 is 0 Å². The molecule has 1 aromatic rings. The highest BCUT2D eigenvalue weighted by Crippen LogP contribution is 2.44. The van der Waals surface area contributed by atoms with E-state index in [0.717, 1.165) is 12.3 Å². The standard InChI is InChI=1S/C15H20N2S/c1-2-4-10-16-14(7-3-1)17-15(12-8-9-12)13-6-5-11-18-13/h4-6,10-12,15H,1-3,7-9H2,(H,16,17). The van der Waals surface area contributed by atoms with Crippen LogP contribution in [-0.2, 0) is 0 Å². The molecule has 1 aromatic heterocycles. The molecule has 18 heavy (non-hydrogen) atoms. The molecule has 0 radical (unpaired) electrons. The van der Waals surface area contributed by atoms with E-state index in [1.807, 2.05) is 11.3 Å². The van der Waals surface area contributed by atoms with Crippen molar-refractivity contribution in [3.8, 4) is 0 Å². The molecule has 1 saturated carbocycles. The summed E-state index contributed by atoms with van der Waals surface area (Å²) in [6.45, 7) is 0. The topological polar surface area (TPSA) is 24.4 Å². The normalized spacial score (nSPS) is 24.3. The second-order valence-electron chi connectivity index (χ2n) is 5.17. The molecule has 2 heterocycles. The number of aliphatic imine (C=N–C) groups is 1. The van der Waals surface area contributed by atoms with Gasteiger partial charge in [0.05, 0.1) is 6.04 Å². The second kappa shape index (κ2) is 5.70. The van der Waals surface area contributed by atoms with E-state index in [9.17, 15) is 0 Å². The summed E-state index contributed by atoms with van der Waals surface area (Å²) in [5.74, 6) is 1.96. The summed E-state index contributed by atoms with van der Waals surface area (Å²) in [6.07, 6.45) is 11.8. The van der Waals surface area contributed by atoms with Crippen LogP contribution >= 0.6 is 11.3 Å². The van der Waals surface area contributed by atoms with E-state index in [4.69, 9.17) is 4.99 Å². The number of amidine groups is 1. The lowest BCUT2D eigenvalue weighted by atomic mass is 10.1. The fourth-order valence-electron chi connectivity index (χ4n) is 2.41. The summed E-state index contributed by atoms with van der Waals surface area (Å²) >= 11 is 1.84. The van der Waals surface area contributed by atoms with Gasteiger partial charge in [0, 0.05) is 11.3 Å². The average molecular weight is 260 g/mol. The molecule has 0 aromatic carbocycles. The minimum absolute atomic E-state index is 0.403. The third-order valence-electron chi connectivity index (χ3n) is 3.60. The van der Waals surface area contributed by atoms with Gasteiger partial charge >= 0.3 is 0 Å². The number of allylic oxidation sites excluding steroid dienone is 1. The van der Waals surface area contributed by atoms with Gasteiger partial charge in [-0.25, -0.2) is 0 Å². The first kappa shape index (κ1) is 12.0. The molecule has 1 unspecified atom stereocenters. The summed E-state index contributed by atoms with van der Waals surface area (Å²) in [4.78, 5) is 6.43. The highest BCUT2D eigenvalue weighted by atomic mass is 32.1. The van der Waals surface area contributed by atoms with Crippen molar-refractivity contribution >= 4 is 17.2 Å². The smallest absolute Gasteiger partial charge is 0.101 e. The fraction of sp³-hybridized carbons (Fsp3) is 0.533. The maximum absolute atomic E-state index is 5.01. The van der Waals surface area contributed by atoms with E-state index in [-0.39, 0.29) is 0 Å². The molecule has 0 bridgehead atoms. The first-order valence-corrected chi connectivity index (χ1v) is 7.83. The number of hydrogen-bond donors (Lipinski definition) is 1. The largest absolute Gasteiger partial charge is 0.351 e. The summed E-state index contributed by atoms with van der Waals surface area (Å²) < 4.78 is 0. The highest BCUT2D eigenvalue weighted by molar-refractivity contribution is 7.10. The van der Waals surface area contributed by atoms with Gasteiger partial charge in [0.1, 0.15) is 5.84 Å². The highest BCUT2D eigenvalue weighted by Gasteiger charge is 2.33. The van der Waals surface area contributed by atoms with Gasteiger partial charge in [-0.1, -0.05) is 12.1 Å². The van der Waals surface area contributed by atoms with Crippen LogP contribution in [0.1, 0.15) is 49.4 Å². The molecule has 0 amide bonds. The molecule has 1 aliphatic carbocycles. The van der Waals surface area contributed by atoms with Gasteiger partial charge in [-0.05, 0) is 55.7 Å².